The molecule has 0 bridgehead atoms. The Morgan fingerprint density at radius 2 is 1.92 bits per heavy atom. The van der Waals surface area contributed by atoms with Crippen LogP contribution < -0.4 is 5.73 Å². The van der Waals surface area contributed by atoms with E-state index in [1.54, 1.807) is 0 Å². The SMILES string of the molecule is CN(C)CCc1ccccc1N. The minimum absolute atomic E-state index is 0.902. The summed E-state index contributed by atoms with van der Waals surface area (Å²) in [4.78, 5) is 2.16. The summed E-state index contributed by atoms with van der Waals surface area (Å²) in [5, 5.41) is 0. The van der Waals surface area contributed by atoms with Crippen molar-refractivity contribution in [2.45, 2.75) is 6.42 Å². The number of likely N-dealkylation sites (N-methyl/N-ethyl adjacent to an activating group) is 1. The maximum Gasteiger partial charge on any atom is 0.0347 e. The van der Waals surface area contributed by atoms with Crippen LogP contribution in [0.4, 0.5) is 5.69 Å². The predicted octanol–water partition coefficient (Wildman–Crippen LogP) is 1.37. The van der Waals surface area contributed by atoms with Crippen molar-refractivity contribution in [2.75, 3.05) is 26.4 Å². The van der Waals surface area contributed by atoms with Gasteiger partial charge < -0.3 is 10.6 Å². The van der Waals surface area contributed by atoms with E-state index in [2.05, 4.69) is 25.1 Å². The Bertz CT molecular complexity index is 243. The summed E-state index contributed by atoms with van der Waals surface area (Å²) in [6.07, 6.45) is 1.03. The number of hydrogen-bond acceptors (Lipinski definition) is 2. The Balaban J connectivity index is 2.57. The molecular weight excluding hydrogens is 148 g/mol. The molecule has 0 heterocycles. The third kappa shape index (κ3) is 2.55. The van der Waals surface area contributed by atoms with E-state index in [-0.39, 0.29) is 0 Å². The van der Waals surface area contributed by atoms with Crippen LogP contribution in [0.2, 0.25) is 0 Å². The van der Waals surface area contributed by atoms with Gasteiger partial charge in [0, 0.05) is 12.2 Å². The third-order valence-corrected chi connectivity index (χ3v) is 1.88. The van der Waals surface area contributed by atoms with Gasteiger partial charge in [-0.25, -0.2) is 0 Å². The van der Waals surface area contributed by atoms with Crippen molar-refractivity contribution < 1.29 is 0 Å². The number of nitrogens with two attached hydrogens (primary N) is 1. The maximum atomic E-state index is 5.79. The summed E-state index contributed by atoms with van der Waals surface area (Å²) >= 11 is 0. The van der Waals surface area contributed by atoms with Crippen molar-refractivity contribution >= 4 is 5.69 Å². The fourth-order valence-corrected chi connectivity index (χ4v) is 1.11. The zero-order valence-corrected chi connectivity index (χ0v) is 7.75. The van der Waals surface area contributed by atoms with Gasteiger partial charge in [-0.15, -0.1) is 0 Å². The molecule has 0 aliphatic rings. The predicted molar refractivity (Wildman–Crippen MR) is 53.1 cm³/mol. The first-order valence-corrected chi connectivity index (χ1v) is 4.18. The number of nitrogen functional groups attached to an aromatic ring is 1. The van der Waals surface area contributed by atoms with Gasteiger partial charge >= 0.3 is 0 Å². The summed E-state index contributed by atoms with van der Waals surface area (Å²) in [7, 11) is 4.14. The van der Waals surface area contributed by atoms with E-state index in [0.29, 0.717) is 0 Å². The molecule has 2 N–H and O–H groups in total. The lowest BCUT2D eigenvalue weighted by Gasteiger charge is -2.10. The van der Waals surface area contributed by atoms with Crippen LogP contribution >= 0.6 is 0 Å². The van der Waals surface area contributed by atoms with Gasteiger partial charge in [-0.1, -0.05) is 18.2 Å². The van der Waals surface area contributed by atoms with Crippen molar-refractivity contribution in [1.29, 1.82) is 0 Å². The van der Waals surface area contributed by atoms with Crippen LogP contribution in [0.25, 0.3) is 0 Å². The monoisotopic (exact) mass is 164 g/mol. The average Bonchev–Trinajstić information content (AvgIpc) is 2.03. The van der Waals surface area contributed by atoms with E-state index in [1.807, 2.05) is 18.2 Å². The summed E-state index contributed by atoms with van der Waals surface area (Å²) in [5.41, 5.74) is 7.93. The first-order valence-electron chi connectivity index (χ1n) is 4.18. The van der Waals surface area contributed by atoms with E-state index in [4.69, 9.17) is 5.73 Å². The molecule has 66 valence electrons. The quantitative estimate of drug-likeness (QED) is 0.684. The van der Waals surface area contributed by atoms with Crippen LogP contribution in [-0.4, -0.2) is 25.5 Å². The summed E-state index contributed by atoms with van der Waals surface area (Å²) in [5.74, 6) is 0. The standard InChI is InChI=1S/C10H16N2/c1-12(2)8-7-9-5-3-4-6-10(9)11/h3-6H,7-8,11H2,1-2H3. The molecule has 12 heavy (non-hydrogen) atoms. The number of nitrogens with zero attached hydrogens (tertiary/aromatic N) is 1. The van der Waals surface area contributed by atoms with Crippen LogP contribution in [0.1, 0.15) is 5.56 Å². The summed E-state index contributed by atoms with van der Waals surface area (Å²) < 4.78 is 0. The Labute approximate surface area is 74.0 Å². The van der Waals surface area contributed by atoms with E-state index >= 15 is 0 Å². The van der Waals surface area contributed by atoms with Crippen molar-refractivity contribution in [3.8, 4) is 0 Å². The zero-order chi connectivity index (χ0) is 8.97. The molecule has 2 nitrogen and oxygen atoms in total. The van der Waals surface area contributed by atoms with Gasteiger partial charge in [0.2, 0.25) is 0 Å². The molecule has 0 aromatic heterocycles. The van der Waals surface area contributed by atoms with Gasteiger partial charge in [0.15, 0.2) is 0 Å². The van der Waals surface area contributed by atoms with Gasteiger partial charge in [-0.2, -0.15) is 0 Å². The highest BCUT2D eigenvalue weighted by Gasteiger charge is 1.97. The molecule has 0 aliphatic carbocycles. The van der Waals surface area contributed by atoms with Gasteiger partial charge in [0.05, 0.1) is 0 Å². The van der Waals surface area contributed by atoms with Crippen molar-refractivity contribution in [3.63, 3.8) is 0 Å². The van der Waals surface area contributed by atoms with E-state index < -0.39 is 0 Å². The fourth-order valence-electron chi connectivity index (χ4n) is 1.11. The number of rotatable bonds is 3. The van der Waals surface area contributed by atoms with Crippen molar-refractivity contribution in [3.05, 3.63) is 29.8 Å². The van der Waals surface area contributed by atoms with Crippen molar-refractivity contribution in [2.24, 2.45) is 0 Å². The molecule has 0 amide bonds. The molecule has 2 heteroatoms. The highest BCUT2D eigenvalue weighted by Crippen LogP contribution is 2.10. The second-order valence-corrected chi connectivity index (χ2v) is 3.25. The normalized spacial score (nSPS) is 10.6. The smallest absolute Gasteiger partial charge is 0.0347 e. The Hall–Kier alpha value is -1.02. The Kier molecular flexibility index (Phi) is 3.11. The van der Waals surface area contributed by atoms with E-state index in [9.17, 15) is 0 Å². The van der Waals surface area contributed by atoms with Crippen LogP contribution in [0, 0.1) is 0 Å². The second-order valence-electron chi connectivity index (χ2n) is 3.25. The first-order chi connectivity index (χ1) is 5.70. The molecule has 1 aromatic carbocycles. The van der Waals surface area contributed by atoms with Crippen LogP contribution in [0.5, 0.6) is 0 Å². The van der Waals surface area contributed by atoms with Crippen LogP contribution in [0.15, 0.2) is 24.3 Å². The van der Waals surface area contributed by atoms with E-state index in [1.165, 1.54) is 5.56 Å². The van der Waals surface area contributed by atoms with Gasteiger partial charge in [-0.3, -0.25) is 0 Å². The highest BCUT2D eigenvalue weighted by atomic mass is 15.0. The Morgan fingerprint density at radius 1 is 1.25 bits per heavy atom. The molecule has 1 rings (SSSR count). The third-order valence-electron chi connectivity index (χ3n) is 1.88. The number of anilines is 1. The van der Waals surface area contributed by atoms with Crippen molar-refractivity contribution in [1.82, 2.24) is 4.90 Å². The maximum absolute atomic E-state index is 5.79. The molecule has 0 atom stereocenters. The van der Waals surface area contributed by atoms with Gasteiger partial charge in [-0.05, 0) is 32.1 Å². The van der Waals surface area contributed by atoms with Crippen LogP contribution in [-0.2, 0) is 6.42 Å². The molecule has 1 aromatic rings. The molecule has 0 aliphatic heterocycles. The first kappa shape index (κ1) is 9.07. The topological polar surface area (TPSA) is 29.3 Å². The van der Waals surface area contributed by atoms with E-state index in [0.717, 1.165) is 18.7 Å². The molecule has 0 radical (unpaired) electrons. The minimum Gasteiger partial charge on any atom is -0.399 e. The average molecular weight is 164 g/mol. The summed E-state index contributed by atoms with van der Waals surface area (Å²) in [6.45, 7) is 1.05. The molecule has 0 spiro atoms. The molecule has 0 fully saturated rings. The molecule has 0 saturated heterocycles. The lowest BCUT2D eigenvalue weighted by atomic mass is 10.1. The largest absolute Gasteiger partial charge is 0.399 e. The number of benzene rings is 1. The highest BCUT2D eigenvalue weighted by molar-refractivity contribution is 5.46. The van der Waals surface area contributed by atoms with Gasteiger partial charge in [0.25, 0.3) is 0 Å². The lowest BCUT2D eigenvalue weighted by Crippen LogP contribution is -2.15. The minimum atomic E-state index is 0.902. The molecular formula is C10H16N2. The van der Waals surface area contributed by atoms with Crippen LogP contribution in [0.3, 0.4) is 0 Å². The zero-order valence-electron chi connectivity index (χ0n) is 7.75. The second kappa shape index (κ2) is 4.12. The lowest BCUT2D eigenvalue weighted by molar-refractivity contribution is 0.414. The number of para-hydroxylation sites is 1. The fraction of sp³-hybridized carbons (Fsp3) is 0.400. The summed E-state index contributed by atoms with van der Waals surface area (Å²) in [6, 6.07) is 8.03. The Morgan fingerprint density at radius 3 is 2.50 bits per heavy atom. The molecule has 0 unspecified atom stereocenters. The number of hydrogen-bond donors (Lipinski definition) is 1. The molecule has 0 saturated carbocycles. The van der Waals surface area contributed by atoms with Gasteiger partial charge in [0.1, 0.15) is 0 Å².